The molecule has 2 amide bonds. The molecule has 0 saturated heterocycles. The van der Waals surface area contributed by atoms with Gasteiger partial charge in [-0.15, -0.1) is 0 Å². The summed E-state index contributed by atoms with van der Waals surface area (Å²) in [6.07, 6.45) is 1.33. The topological polar surface area (TPSA) is 111 Å². The summed E-state index contributed by atoms with van der Waals surface area (Å²) in [4.78, 5) is 25.9. The summed E-state index contributed by atoms with van der Waals surface area (Å²) in [6, 6.07) is 2.31. The molecule has 0 spiro atoms. The predicted molar refractivity (Wildman–Crippen MR) is 54.8 cm³/mol. The van der Waals surface area contributed by atoms with Crippen LogP contribution in [0, 0.1) is 0 Å². The maximum absolute atomic E-state index is 11.5. The van der Waals surface area contributed by atoms with Gasteiger partial charge in [-0.05, 0) is 19.1 Å². The highest BCUT2D eigenvalue weighted by Crippen LogP contribution is 2.01. The van der Waals surface area contributed by atoms with E-state index in [2.05, 4.69) is 10.3 Å². The maximum Gasteiger partial charge on any atom is 0.253 e. The number of primary amides is 1. The molecule has 0 aliphatic rings. The number of carbonyl (C=O) groups excluding carboxylic acids is 2. The largest absolute Gasteiger partial charge is 0.384 e. The number of nitrogens with zero attached hydrogens (tertiary/aromatic N) is 1. The van der Waals surface area contributed by atoms with Gasteiger partial charge in [0.05, 0.1) is 5.56 Å². The first-order chi connectivity index (χ1) is 7.00. The first-order valence-corrected chi connectivity index (χ1v) is 4.32. The van der Waals surface area contributed by atoms with E-state index in [1.807, 2.05) is 0 Å². The maximum atomic E-state index is 11.5. The van der Waals surface area contributed by atoms with Gasteiger partial charge in [0, 0.05) is 6.20 Å². The fraction of sp³-hybridized carbons (Fsp3) is 0.222. The minimum atomic E-state index is -0.713. The zero-order valence-electron chi connectivity index (χ0n) is 8.23. The second-order valence-corrected chi connectivity index (χ2v) is 3.07. The Morgan fingerprint density at radius 3 is 2.60 bits per heavy atom. The molecule has 1 aromatic rings. The second kappa shape index (κ2) is 4.41. The highest BCUT2D eigenvalue weighted by Gasteiger charge is 2.13. The van der Waals surface area contributed by atoms with Gasteiger partial charge in [-0.2, -0.15) is 0 Å². The molecule has 5 N–H and O–H groups in total. The SMILES string of the molecule is CC(NC(=O)c1ccc(N)nc1)C(N)=O. The van der Waals surface area contributed by atoms with Crippen molar-refractivity contribution in [3.05, 3.63) is 23.9 Å². The summed E-state index contributed by atoms with van der Waals surface area (Å²) in [6.45, 7) is 1.50. The number of hydrogen-bond acceptors (Lipinski definition) is 4. The number of pyridine rings is 1. The lowest BCUT2D eigenvalue weighted by molar-refractivity contribution is -0.119. The minimum Gasteiger partial charge on any atom is -0.384 e. The quantitative estimate of drug-likeness (QED) is 0.607. The van der Waals surface area contributed by atoms with Crippen LogP contribution in [0.5, 0.6) is 0 Å². The smallest absolute Gasteiger partial charge is 0.253 e. The number of anilines is 1. The molecule has 6 nitrogen and oxygen atoms in total. The van der Waals surface area contributed by atoms with Gasteiger partial charge in [0.25, 0.3) is 5.91 Å². The van der Waals surface area contributed by atoms with Crippen LogP contribution in [0.25, 0.3) is 0 Å². The van der Waals surface area contributed by atoms with Crippen LogP contribution >= 0.6 is 0 Å². The molecule has 6 heteroatoms. The summed E-state index contributed by atoms with van der Waals surface area (Å²) < 4.78 is 0. The molecule has 1 rings (SSSR count). The molecule has 0 saturated carbocycles. The number of hydrogen-bond donors (Lipinski definition) is 3. The third-order valence-electron chi connectivity index (χ3n) is 1.82. The van der Waals surface area contributed by atoms with Crippen LogP contribution in [-0.2, 0) is 4.79 Å². The molecule has 1 heterocycles. The molecule has 15 heavy (non-hydrogen) atoms. The molecule has 0 fully saturated rings. The van der Waals surface area contributed by atoms with Crippen LogP contribution in [0.1, 0.15) is 17.3 Å². The summed E-state index contributed by atoms with van der Waals surface area (Å²) in [5, 5.41) is 2.42. The van der Waals surface area contributed by atoms with Crippen molar-refractivity contribution in [1.82, 2.24) is 10.3 Å². The van der Waals surface area contributed by atoms with Gasteiger partial charge in [0.1, 0.15) is 11.9 Å². The zero-order chi connectivity index (χ0) is 11.4. The van der Waals surface area contributed by atoms with E-state index < -0.39 is 17.9 Å². The lowest BCUT2D eigenvalue weighted by Gasteiger charge is -2.09. The molecule has 0 aliphatic heterocycles. The van der Waals surface area contributed by atoms with E-state index in [0.717, 1.165) is 0 Å². The summed E-state index contributed by atoms with van der Waals surface area (Å²) in [5.74, 6) is -0.671. The molecule has 1 unspecified atom stereocenters. The van der Waals surface area contributed by atoms with Crippen LogP contribution < -0.4 is 16.8 Å². The van der Waals surface area contributed by atoms with Crippen molar-refractivity contribution >= 4 is 17.6 Å². The van der Waals surface area contributed by atoms with Gasteiger partial charge in [0.15, 0.2) is 0 Å². The lowest BCUT2D eigenvalue weighted by atomic mass is 10.2. The average Bonchev–Trinajstić information content (AvgIpc) is 2.18. The Morgan fingerprint density at radius 2 is 2.13 bits per heavy atom. The fourth-order valence-electron chi connectivity index (χ4n) is 0.891. The first kappa shape index (κ1) is 11.0. The molecular weight excluding hydrogens is 196 g/mol. The first-order valence-electron chi connectivity index (χ1n) is 4.32. The standard InChI is InChI=1S/C9H12N4O2/c1-5(8(11)14)13-9(15)6-2-3-7(10)12-4-6/h2-5H,1H3,(H2,10,12)(H2,11,14)(H,13,15). The van der Waals surface area contributed by atoms with Gasteiger partial charge in [-0.3, -0.25) is 9.59 Å². The van der Waals surface area contributed by atoms with E-state index in [9.17, 15) is 9.59 Å². The molecule has 0 bridgehead atoms. The molecule has 1 atom stereocenters. The number of rotatable bonds is 3. The third kappa shape index (κ3) is 2.94. The van der Waals surface area contributed by atoms with Crippen LogP contribution in [-0.4, -0.2) is 22.8 Å². The Balaban J connectivity index is 2.69. The van der Waals surface area contributed by atoms with E-state index in [0.29, 0.717) is 11.4 Å². The van der Waals surface area contributed by atoms with Crippen molar-refractivity contribution in [2.45, 2.75) is 13.0 Å². The van der Waals surface area contributed by atoms with Crippen LogP contribution in [0.2, 0.25) is 0 Å². The van der Waals surface area contributed by atoms with E-state index in [4.69, 9.17) is 11.5 Å². The second-order valence-electron chi connectivity index (χ2n) is 3.07. The van der Waals surface area contributed by atoms with Gasteiger partial charge in [-0.25, -0.2) is 4.98 Å². The Hall–Kier alpha value is -2.11. The van der Waals surface area contributed by atoms with E-state index in [1.54, 1.807) is 0 Å². The van der Waals surface area contributed by atoms with Crippen LogP contribution in [0.15, 0.2) is 18.3 Å². The van der Waals surface area contributed by atoms with Crippen molar-refractivity contribution in [3.63, 3.8) is 0 Å². The zero-order valence-corrected chi connectivity index (χ0v) is 8.23. The van der Waals surface area contributed by atoms with E-state index in [-0.39, 0.29) is 0 Å². The van der Waals surface area contributed by atoms with Gasteiger partial charge in [0.2, 0.25) is 5.91 Å². The van der Waals surface area contributed by atoms with Crippen molar-refractivity contribution < 1.29 is 9.59 Å². The lowest BCUT2D eigenvalue weighted by Crippen LogP contribution is -2.42. The van der Waals surface area contributed by atoms with Crippen LogP contribution in [0.3, 0.4) is 0 Å². The summed E-state index contributed by atoms with van der Waals surface area (Å²) in [7, 11) is 0. The van der Waals surface area contributed by atoms with Crippen LogP contribution in [0.4, 0.5) is 5.82 Å². The van der Waals surface area contributed by atoms with E-state index in [1.165, 1.54) is 25.3 Å². The Kier molecular flexibility index (Phi) is 3.22. The summed E-state index contributed by atoms with van der Waals surface area (Å²) >= 11 is 0. The average molecular weight is 208 g/mol. The number of nitrogens with one attached hydrogen (secondary N) is 1. The number of nitrogen functional groups attached to an aromatic ring is 1. The van der Waals surface area contributed by atoms with Gasteiger partial charge in [-0.1, -0.05) is 0 Å². The van der Waals surface area contributed by atoms with Gasteiger partial charge < -0.3 is 16.8 Å². The molecule has 0 radical (unpaired) electrons. The molecule has 1 aromatic heterocycles. The monoisotopic (exact) mass is 208 g/mol. The molecule has 0 aliphatic carbocycles. The highest BCUT2D eigenvalue weighted by molar-refractivity contribution is 5.97. The highest BCUT2D eigenvalue weighted by atomic mass is 16.2. The fourth-order valence-corrected chi connectivity index (χ4v) is 0.891. The molecule has 80 valence electrons. The Morgan fingerprint density at radius 1 is 1.47 bits per heavy atom. The van der Waals surface area contributed by atoms with Crippen molar-refractivity contribution in [1.29, 1.82) is 0 Å². The number of nitrogens with two attached hydrogens (primary N) is 2. The number of amides is 2. The summed E-state index contributed by atoms with van der Waals surface area (Å²) in [5.41, 5.74) is 10.7. The molecular formula is C9H12N4O2. The number of aromatic nitrogens is 1. The molecule has 0 aromatic carbocycles. The number of carbonyl (C=O) groups is 2. The van der Waals surface area contributed by atoms with Crippen molar-refractivity contribution in [2.24, 2.45) is 5.73 Å². The Bertz CT molecular complexity index is 374. The predicted octanol–water partition coefficient (Wildman–Crippen LogP) is -0.733. The van der Waals surface area contributed by atoms with Crippen molar-refractivity contribution in [2.75, 3.05) is 5.73 Å². The van der Waals surface area contributed by atoms with Crippen molar-refractivity contribution in [3.8, 4) is 0 Å². The third-order valence-corrected chi connectivity index (χ3v) is 1.82. The minimum absolute atomic E-state index is 0.328. The Labute approximate surface area is 86.7 Å². The normalized spacial score (nSPS) is 11.8. The van der Waals surface area contributed by atoms with Gasteiger partial charge >= 0.3 is 0 Å². The van der Waals surface area contributed by atoms with E-state index >= 15 is 0 Å².